The number of rotatable bonds is 5. The van der Waals surface area contributed by atoms with Crippen molar-refractivity contribution in [3.8, 4) is 0 Å². The van der Waals surface area contributed by atoms with E-state index in [1.54, 1.807) is 0 Å². The fraction of sp³-hybridized carbons (Fsp3) is 0.750. The summed E-state index contributed by atoms with van der Waals surface area (Å²) in [5.74, 6) is 0. The van der Waals surface area contributed by atoms with Gasteiger partial charge in [0.1, 0.15) is 0 Å². The van der Waals surface area contributed by atoms with Crippen LogP contribution in [0.3, 0.4) is 0 Å². The zero-order valence-corrected chi connectivity index (χ0v) is 8.93. The Kier molecular flexibility index (Phi) is 5.46. The smallest absolute Gasteiger partial charge is 0.233 e. The van der Waals surface area contributed by atoms with Gasteiger partial charge >= 0.3 is 0 Å². The molecule has 0 aliphatic heterocycles. The molecule has 4 nitrogen and oxygen atoms in total. The van der Waals surface area contributed by atoms with Crippen LogP contribution in [-0.4, -0.2) is 35.3 Å². The molecule has 0 radical (unpaired) electrons. The molecule has 5 heteroatoms. The fourth-order valence-electron chi connectivity index (χ4n) is 0.666. The van der Waals surface area contributed by atoms with Crippen LogP contribution in [0.1, 0.15) is 20.8 Å². The molecule has 0 saturated heterocycles. The standard InChI is InChI=1S/C8H14N2O2S/c1-8(2,3)12-10(7-11)5-4-9-6-13/h7H,4-5H2,1-3H3. The first kappa shape index (κ1) is 12.2. The Bertz CT molecular complexity index is 207. The highest BCUT2D eigenvalue weighted by molar-refractivity contribution is 7.78. The molecular formula is C8H14N2O2S. The molecule has 0 N–H and O–H groups in total. The Morgan fingerprint density at radius 3 is 2.62 bits per heavy atom. The molecule has 0 aromatic heterocycles. The van der Waals surface area contributed by atoms with E-state index >= 15 is 0 Å². The summed E-state index contributed by atoms with van der Waals surface area (Å²) in [6, 6.07) is 0. The minimum absolute atomic E-state index is 0.373. The van der Waals surface area contributed by atoms with Crippen molar-refractivity contribution in [2.24, 2.45) is 4.99 Å². The highest BCUT2D eigenvalue weighted by Crippen LogP contribution is 2.08. The number of hydrogen-bond donors (Lipinski definition) is 0. The van der Waals surface area contributed by atoms with Gasteiger partial charge in [0, 0.05) is 0 Å². The molecule has 0 saturated carbocycles. The van der Waals surface area contributed by atoms with Gasteiger partial charge in [0.05, 0.1) is 23.9 Å². The van der Waals surface area contributed by atoms with Gasteiger partial charge in [-0.1, -0.05) is 0 Å². The van der Waals surface area contributed by atoms with Crippen LogP contribution in [0, 0.1) is 0 Å². The van der Waals surface area contributed by atoms with E-state index in [0.717, 1.165) is 0 Å². The van der Waals surface area contributed by atoms with Crippen molar-refractivity contribution in [3.05, 3.63) is 0 Å². The third-order valence-electron chi connectivity index (χ3n) is 1.01. The lowest BCUT2D eigenvalue weighted by atomic mass is 10.2. The summed E-state index contributed by atoms with van der Waals surface area (Å²) in [5, 5.41) is 3.42. The molecule has 0 aromatic rings. The van der Waals surface area contributed by atoms with Gasteiger partial charge in [0.15, 0.2) is 0 Å². The highest BCUT2D eigenvalue weighted by atomic mass is 32.1. The molecule has 0 unspecified atom stereocenters. The van der Waals surface area contributed by atoms with E-state index in [4.69, 9.17) is 4.84 Å². The van der Waals surface area contributed by atoms with E-state index in [1.165, 1.54) is 5.06 Å². The molecule has 1 amide bonds. The van der Waals surface area contributed by atoms with Crippen LogP contribution in [0.15, 0.2) is 4.99 Å². The molecule has 0 spiro atoms. The summed E-state index contributed by atoms with van der Waals surface area (Å²) < 4.78 is 0. The van der Waals surface area contributed by atoms with Crippen LogP contribution < -0.4 is 0 Å². The lowest BCUT2D eigenvalue weighted by Crippen LogP contribution is -2.34. The van der Waals surface area contributed by atoms with Crippen LogP contribution in [0.25, 0.3) is 0 Å². The molecular weight excluding hydrogens is 188 g/mol. The number of amides is 1. The van der Waals surface area contributed by atoms with Crippen molar-refractivity contribution >= 4 is 23.8 Å². The van der Waals surface area contributed by atoms with Gasteiger partial charge in [-0.15, -0.1) is 0 Å². The van der Waals surface area contributed by atoms with E-state index in [1.807, 2.05) is 20.8 Å². The van der Waals surface area contributed by atoms with Crippen LogP contribution in [0.5, 0.6) is 0 Å². The summed E-state index contributed by atoms with van der Waals surface area (Å²) in [7, 11) is 0. The summed E-state index contributed by atoms with van der Waals surface area (Å²) in [6.07, 6.45) is 0.629. The maximum Gasteiger partial charge on any atom is 0.233 e. The predicted molar refractivity (Wildman–Crippen MR) is 53.5 cm³/mol. The van der Waals surface area contributed by atoms with Gasteiger partial charge in [-0.05, 0) is 33.0 Å². The number of thiocarbonyl (C=S) groups is 1. The number of carbonyl (C=O) groups is 1. The second-order valence-electron chi connectivity index (χ2n) is 3.42. The van der Waals surface area contributed by atoms with E-state index in [2.05, 4.69) is 22.4 Å². The quantitative estimate of drug-likeness (QED) is 0.292. The summed E-state index contributed by atoms with van der Waals surface area (Å²) >= 11 is 4.39. The minimum Gasteiger partial charge on any atom is -0.276 e. The molecule has 0 fully saturated rings. The fourth-order valence-corrected chi connectivity index (χ4v) is 0.757. The first-order valence-electron chi connectivity index (χ1n) is 3.94. The normalized spacial score (nSPS) is 10.4. The molecule has 0 aliphatic carbocycles. The molecule has 0 rings (SSSR count). The molecule has 0 atom stereocenters. The van der Waals surface area contributed by atoms with Gasteiger partial charge < -0.3 is 0 Å². The van der Waals surface area contributed by atoms with Crippen LogP contribution >= 0.6 is 12.2 Å². The van der Waals surface area contributed by atoms with Crippen LogP contribution in [0.2, 0.25) is 0 Å². The Hall–Kier alpha value is -0.770. The van der Waals surface area contributed by atoms with E-state index in [9.17, 15) is 4.79 Å². The summed E-state index contributed by atoms with van der Waals surface area (Å²) in [4.78, 5) is 19.4. The second kappa shape index (κ2) is 5.80. The molecule has 0 aromatic carbocycles. The number of carbonyl (C=O) groups excluding carboxylic acids is 1. The van der Waals surface area contributed by atoms with Gasteiger partial charge in [-0.2, -0.15) is 0 Å². The lowest BCUT2D eigenvalue weighted by molar-refractivity contribution is -0.214. The zero-order valence-electron chi connectivity index (χ0n) is 8.11. The molecule has 13 heavy (non-hydrogen) atoms. The Balaban J connectivity index is 3.89. The average Bonchev–Trinajstić information content (AvgIpc) is 2.01. The average molecular weight is 202 g/mol. The molecule has 0 aliphatic rings. The Morgan fingerprint density at radius 2 is 2.23 bits per heavy atom. The SMILES string of the molecule is CC(C)(C)ON(C=O)CCN=C=S. The largest absolute Gasteiger partial charge is 0.276 e. The van der Waals surface area contributed by atoms with Crippen molar-refractivity contribution < 1.29 is 9.63 Å². The van der Waals surface area contributed by atoms with Crippen LogP contribution in [0.4, 0.5) is 0 Å². The number of isothiocyanates is 1. The second-order valence-corrected chi connectivity index (χ2v) is 3.61. The first-order valence-corrected chi connectivity index (χ1v) is 4.35. The monoisotopic (exact) mass is 202 g/mol. The number of hydroxylamine groups is 2. The highest BCUT2D eigenvalue weighted by Gasteiger charge is 2.15. The van der Waals surface area contributed by atoms with Crippen molar-refractivity contribution in [1.29, 1.82) is 0 Å². The van der Waals surface area contributed by atoms with Gasteiger partial charge in [0.2, 0.25) is 6.41 Å². The van der Waals surface area contributed by atoms with Gasteiger partial charge in [-0.3, -0.25) is 9.63 Å². The van der Waals surface area contributed by atoms with E-state index in [0.29, 0.717) is 19.5 Å². The lowest BCUT2D eigenvalue weighted by Gasteiger charge is -2.25. The summed E-state index contributed by atoms with van der Waals surface area (Å²) in [5.41, 5.74) is -0.373. The minimum atomic E-state index is -0.373. The molecule has 0 bridgehead atoms. The third-order valence-corrected chi connectivity index (χ3v) is 1.13. The van der Waals surface area contributed by atoms with E-state index in [-0.39, 0.29) is 5.60 Å². The van der Waals surface area contributed by atoms with Crippen molar-refractivity contribution in [3.63, 3.8) is 0 Å². The summed E-state index contributed by atoms with van der Waals surface area (Å²) in [6.45, 7) is 6.41. The van der Waals surface area contributed by atoms with Crippen molar-refractivity contribution in [2.45, 2.75) is 26.4 Å². The van der Waals surface area contributed by atoms with Crippen molar-refractivity contribution in [2.75, 3.05) is 13.1 Å². The Morgan fingerprint density at radius 1 is 1.62 bits per heavy atom. The number of aliphatic imine (C=N–C) groups is 1. The Labute approximate surface area is 83.5 Å². The third kappa shape index (κ3) is 7.59. The first-order chi connectivity index (χ1) is 5.99. The molecule has 74 valence electrons. The topological polar surface area (TPSA) is 41.9 Å². The van der Waals surface area contributed by atoms with Crippen molar-refractivity contribution in [1.82, 2.24) is 5.06 Å². The predicted octanol–water partition coefficient (Wildman–Crippen LogP) is 1.28. The number of hydrogen-bond acceptors (Lipinski definition) is 4. The van der Waals surface area contributed by atoms with Gasteiger partial charge in [-0.25, -0.2) is 10.1 Å². The zero-order chi connectivity index (χ0) is 10.3. The van der Waals surface area contributed by atoms with Crippen LogP contribution in [-0.2, 0) is 9.63 Å². The van der Waals surface area contributed by atoms with Gasteiger partial charge in [0.25, 0.3) is 0 Å². The maximum absolute atomic E-state index is 10.5. The number of nitrogens with zero attached hydrogens (tertiary/aromatic N) is 2. The van der Waals surface area contributed by atoms with E-state index < -0.39 is 0 Å². The molecule has 0 heterocycles. The maximum atomic E-state index is 10.5.